The van der Waals surface area contributed by atoms with Crippen LogP contribution in [-0.2, 0) is 16.0 Å². The summed E-state index contributed by atoms with van der Waals surface area (Å²) in [6.07, 6.45) is 1.56. The van der Waals surface area contributed by atoms with Crippen LogP contribution in [0.4, 0.5) is 0 Å². The van der Waals surface area contributed by atoms with E-state index in [4.69, 9.17) is 4.42 Å². The molecule has 0 saturated heterocycles. The Balaban J connectivity index is 1.83. The van der Waals surface area contributed by atoms with E-state index in [1.54, 1.807) is 54.6 Å². The normalized spacial score (nSPS) is 12.1. The van der Waals surface area contributed by atoms with Crippen LogP contribution in [0.25, 0.3) is 6.08 Å². The fourth-order valence-electron chi connectivity index (χ4n) is 2.78. The standard InChI is InChI=1S/C23H19BrN2O5/c24-20-12-11-19(31-20)22(28)25-17(13-15-7-3-1-4-8-15)21(27)26-18(23(29)30)14-16-9-5-2-6-10-16/h1-13,18H,14H2,(H,25,28)(H,26,27)(H,29,30)/b17-13+/t18-/m1/s1. The number of amides is 2. The summed E-state index contributed by atoms with van der Waals surface area (Å²) < 4.78 is 5.59. The first-order valence-electron chi connectivity index (χ1n) is 9.33. The third-order valence-corrected chi connectivity index (χ3v) is 4.71. The van der Waals surface area contributed by atoms with Crippen LogP contribution in [0.15, 0.2) is 87.6 Å². The summed E-state index contributed by atoms with van der Waals surface area (Å²) in [5.41, 5.74) is 1.31. The molecule has 7 nitrogen and oxygen atoms in total. The number of hydrogen-bond donors (Lipinski definition) is 3. The second-order valence-electron chi connectivity index (χ2n) is 6.58. The minimum absolute atomic E-state index is 0.00212. The van der Waals surface area contributed by atoms with Crippen LogP contribution < -0.4 is 10.6 Å². The lowest BCUT2D eigenvalue weighted by atomic mass is 10.1. The smallest absolute Gasteiger partial charge is 0.326 e. The third kappa shape index (κ3) is 6.42. The van der Waals surface area contributed by atoms with Crippen molar-refractivity contribution in [3.63, 3.8) is 0 Å². The van der Waals surface area contributed by atoms with E-state index >= 15 is 0 Å². The van der Waals surface area contributed by atoms with Gasteiger partial charge in [0.15, 0.2) is 10.4 Å². The van der Waals surface area contributed by atoms with Gasteiger partial charge in [-0.2, -0.15) is 0 Å². The Morgan fingerprint density at radius 3 is 2.19 bits per heavy atom. The van der Waals surface area contributed by atoms with E-state index in [9.17, 15) is 19.5 Å². The van der Waals surface area contributed by atoms with Crippen LogP contribution in [0.1, 0.15) is 21.7 Å². The van der Waals surface area contributed by atoms with Gasteiger partial charge in [-0.05, 0) is 45.3 Å². The van der Waals surface area contributed by atoms with Crippen LogP contribution in [0.5, 0.6) is 0 Å². The maximum Gasteiger partial charge on any atom is 0.326 e. The summed E-state index contributed by atoms with van der Waals surface area (Å²) in [4.78, 5) is 37.2. The monoisotopic (exact) mass is 482 g/mol. The first-order chi connectivity index (χ1) is 14.9. The fourth-order valence-corrected chi connectivity index (χ4v) is 3.09. The lowest BCUT2D eigenvalue weighted by molar-refractivity contribution is -0.141. The van der Waals surface area contributed by atoms with E-state index < -0.39 is 23.8 Å². The van der Waals surface area contributed by atoms with E-state index in [1.807, 2.05) is 12.1 Å². The number of carbonyl (C=O) groups excluding carboxylic acids is 2. The minimum atomic E-state index is -1.18. The molecule has 31 heavy (non-hydrogen) atoms. The van der Waals surface area contributed by atoms with Gasteiger partial charge in [0.05, 0.1) is 0 Å². The summed E-state index contributed by atoms with van der Waals surface area (Å²) in [5, 5.41) is 14.6. The predicted molar refractivity (Wildman–Crippen MR) is 118 cm³/mol. The largest absolute Gasteiger partial charge is 0.480 e. The van der Waals surface area contributed by atoms with Crippen molar-refractivity contribution < 1.29 is 23.9 Å². The highest BCUT2D eigenvalue weighted by Gasteiger charge is 2.24. The number of benzene rings is 2. The Bertz CT molecular complexity index is 1090. The van der Waals surface area contributed by atoms with Crippen molar-refractivity contribution in [2.45, 2.75) is 12.5 Å². The molecule has 0 aliphatic heterocycles. The molecular formula is C23H19BrN2O5. The molecule has 0 aliphatic rings. The molecule has 0 spiro atoms. The van der Waals surface area contributed by atoms with Crippen LogP contribution in [-0.4, -0.2) is 28.9 Å². The molecule has 1 aromatic heterocycles. The van der Waals surface area contributed by atoms with E-state index in [0.29, 0.717) is 10.2 Å². The Labute approximate surface area is 186 Å². The van der Waals surface area contributed by atoms with Crippen molar-refractivity contribution in [3.05, 3.63) is 100 Å². The van der Waals surface area contributed by atoms with Gasteiger partial charge in [0.1, 0.15) is 11.7 Å². The number of carbonyl (C=O) groups is 3. The molecule has 0 aliphatic carbocycles. The van der Waals surface area contributed by atoms with E-state index in [-0.39, 0.29) is 17.9 Å². The molecule has 3 rings (SSSR count). The summed E-state index contributed by atoms with van der Waals surface area (Å²) in [6.45, 7) is 0. The van der Waals surface area contributed by atoms with Gasteiger partial charge in [-0.1, -0.05) is 60.7 Å². The van der Waals surface area contributed by atoms with Crippen molar-refractivity contribution >= 4 is 39.8 Å². The number of halogens is 1. The molecule has 158 valence electrons. The number of carboxylic acid groups (broad SMARTS) is 1. The van der Waals surface area contributed by atoms with Crippen molar-refractivity contribution in [1.29, 1.82) is 0 Å². The first-order valence-corrected chi connectivity index (χ1v) is 10.1. The van der Waals surface area contributed by atoms with Crippen LogP contribution in [0.3, 0.4) is 0 Å². The predicted octanol–water partition coefficient (Wildman–Crippen LogP) is 3.63. The molecule has 0 radical (unpaired) electrons. The zero-order valence-corrected chi connectivity index (χ0v) is 17.8. The Morgan fingerprint density at radius 1 is 0.968 bits per heavy atom. The van der Waals surface area contributed by atoms with Crippen molar-refractivity contribution in [3.8, 4) is 0 Å². The lowest BCUT2D eigenvalue weighted by Gasteiger charge is -2.16. The molecule has 2 amide bonds. The second kappa shape index (κ2) is 10.4. The maximum absolute atomic E-state index is 12.9. The molecule has 0 bridgehead atoms. The Morgan fingerprint density at radius 2 is 1.61 bits per heavy atom. The van der Waals surface area contributed by atoms with Crippen molar-refractivity contribution in [2.24, 2.45) is 0 Å². The van der Waals surface area contributed by atoms with Gasteiger partial charge in [0.25, 0.3) is 11.8 Å². The quantitative estimate of drug-likeness (QED) is 0.424. The molecule has 2 aromatic carbocycles. The number of carboxylic acids is 1. The van der Waals surface area contributed by atoms with Crippen LogP contribution >= 0.6 is 15.9 Å². The molecule has 0 unspecified atom stereocenters. The summed E-state index contributed by atoms with van der Waals surface area (Å²) in [6, 6.07) is 19.7. The zero-order chi connectivity index (χ0) is 22.2. The molecular weight excluding hydrogens is 464 g/mol. The molecule has 1 atom stereocenters. The summed E-state index contributed by atoms with van der Waals surface area (Å²) >= 11 is 3.12. The number of hydrogen-bond acceptors (Lipinski definition) is 4. The molecule has 0 saturated carbocycles. The zero-order valence-electron chi connectivity index (χ0n) is 16.2. The molecule has 1 heterocycles. The summed E-state index contributed by atoms with van der Waals surface area (Å²) in [5.74, 6) is -2.56. The van der Waals surface area contributed by atoms with Gasteiger partial charge in [0, 0.05) is 6.42 Å². The van der Waals surface area contributed by atoms with Gasteiger partial charge < -0.3 is 20.2 Å². The average molecular weight is 483 g/mol. The van der Waals surface area contributed by atoms with Crippen LogP contribution in [0, 0.1) is 0 Å². The summed E-state index contributed by atoms with van der Waals surface area (Å²) in [7, 11) is 0. The van der Waals surface area contributed by atoms with E-state index in [2.05, 4.69) is 26.6 Å². The minimum Gasteiger partial charge on any atom is -0.480 e. The maximum atomic E-state index is 12.9. The highest BCUT2D eigenvalue weighted by Crippen LogP contribution is 2.15. The Hall–Kier alpha value is -3.65. The fraction of sp³-hybridized carbons (Fsp3) is 0.0870. The van der Waals surface area contributed by atoms with Crippen molar-refractivity contribution in [2.75, 3.05) is 0 Å². The number of nitrogens with one attached hydrogen (secondary N) is 2. The van der Waals surface area contributed by atoms with Gasteiger partial charge in [-0.15, -0.1) is 0 Å². The van der Waals surface area contributed by atoms with E-state index in [0.717, 1.165) is 5.56 Å². The third-order valence-electron chi connectivity index (χ3n) is 4.29. The number of aliphatic carboxylic acids is 1. The molecule has 3 aromatic rings. The second-order valence-corrected chi connectivity index (χ2v) is 7.36. The first kappa shape index (κ1) is 22.0. The SMILES string of the molecule is O=C(N[C@H](Cc1ccccc1)C(=O)O)/C(=C\c1ccccc1)NC(=O)c1ccc(Br)o1. The van der Waals surface area contributed by atoms with Gasteiger partial charge in [0.2, 0.25) is 0 Å². The highest BCUT2D eigenvalue weighted by molar-refractivity contribution is 9.10. The topological polar surface area (TPSA) is 109 Å². The highest BCUT2D eigenvalue weighted by atomic mass is 79.9. The lowest BCUT2D eigenvalue weighted by Crippen LogP contribution is -2.45. The number of furan rings is 1. The molecule has 8 heteroatoms. The van der Waals surface area contributed by atoms with Gasteiger partial charge >= 0.3 is 5.97 Å². The Kier molecular flexibility index (Phi) is 7.40. The number of rotatable bonds is 8. The van der Waals surface area contributed by atoms with Crippen LogP contribution in [0.2, 0.25) is 0 Å². The van der Waals surface area contributed by atoms with E-state index in [1.165, 1.54) is 12.1 Å². The van der Waals surface area contributed by atoms with Crippen molar-refractivity contribution in [1.82, 2.24) is 10.6 Å². The van der Waals surface area contributed by atoms with Gasteiger partial charge in [-0.3, -0.25) is 9.59 Å². The molecule has 0 fully saturated rings. The molecule has 3 N–H and O–H groups in total. The average Bonchev–Trinajstić information content (AvgIpc) is 3.20. The van der Waals surface area contributed by atoms with Gasteiger partial charge in [-0.25, -0.2) is 4.79 Å².